The van der Waals surface area contributed by atoms with E-state index in [9.17, 15) is 0 Å². The van der Waals surface area contributed by atoms with Crippen LogP contribution < -0.4 is 30.5 Å². The van der Waals surface area contributed by atoms with Crippen LogP contribution in [0.5, 0.6) is 0 Å². The van der Waals surface area contributed by atoms with Crippen LogP contribution in [0.2, 0.25) is 0 Å². The quantitative estimate of drug-likeness (QED) is 0.374. The van der Waals surface area contributed by atoms with E-state index in [-0.39, 0.29) is 47.9 Å². The Kier molecular flexibility index (Phi) is 90.8. The second-order valence-corrected chi connectivity index (χ2v) is 0.789. The molecule has 0 heterocycles. The molecule has 0 amide bonds. The van der Waals surface area contributed by atoms with Gasteiger partial charge in [0, 0.05) is 0 Å². The van der Waals surface area contributed by atoms with Crippen LogP contribution in [0.25, 0.3) is 0 Å². The van der Waals surface area contributed by atoms with E-state index in [0.717, 1.165) is 13.0 Å². The average Bonchev–Trinajstić information content (AvgIpc) is 1.37. The molecule has 0 bridgehead atoms. The van der Waals surface area contributed by atoms with Crippen molar-refractivity contribution < 1.29 is 24.8 Å². The zero-order valence-corrected chi connectivity index (χ0v) is 7.38. The Balaban J connectivity index is -0.0000000150. The molecule has 0 saturated heterocycles. The molecule has 0 spiro atoms. The standard InChI is InChI=1S/C3H9N.2ClH.Mg/c1-2-3-4;;;/h2-4H2,1H3;2*1H;/q;;;+2/p-2. The van der Waals surface area contributed by atoms with Crippen molar-refractivity contribution in [2.45, 2.75) is 13.3 Å². The maximum absolute atomic E-state index is 5.03. The zero-order valence-electron chi connectivity index (χ0n) is 4.45. The Morgan fingerprint density at radius 2 is 1.43 bits per heavy atom. The summed E-state index contributed by atoms with van der Waals surface area (Å²) >= 11 is 0. The zero-order chi connectivity index (χ0) is 3.41. The molecule has 4 heteroatoms. The number of hydrogen-bond acceptors (Lipinski definition) is 1. The van der Waals surface area contributed by atoms with E-state index in [1.807, 2.05) is 0 Å². The summed E-state index contributed by atoms with van der Waals surface area (Å²) in [5.74, 6) is 0. The third kappa shape index (κ3) is 38.7. The molecule has 0 aromatic carbocycles. The van der Waals surface area contributed by atoms with Gasteiger partial charge in [-0.3, -0.25) is 0 Å². The Bertz CT molecular complexity index is 14.9. The minimum absolute atomic E-state index is 0. The summed E-state index contributed by atoms with van der Waals surface area (Å²) in [6, 6.07) is 0. The van der Waals surface area contributed by atoms with Gasteiger partial charge in [-0.05, 0) is 13.0 Å². The first kappa shape index (κ1) is 23.9. The average molecular weight is 154 g/mol. The molecule has 0 rings (SSSR count). The normalized spacial score (nSPS) is 4.29. The molecule has 0 aliphatic rings. The van der Waals surface area contributed by atoms with Crippen LogP contribution in [0.15, 0.2) is 0 Å². The van der Waals surface area contributed by atoms with Crippen LogP contribution >= 0.6 is 0 Å². The first-order valence-electron chi connectivity index (χ1n) is 1.62. The minimum atomic E-state index is 0. The predicted octanol–water partition coefficient (Wildman–Crippen LogP) is -6.02. The molecule has 42 valence electrons. The van der Waals surface area contributed by atoms with Crippen molar-refractivity contribution in [2.24, 2.45) is 5.73 Å². The van der Waals surface area contributed by atoms with Gasteiger partial charge < -0.3 is 30.5 Å². The predicted molar refractivity (Wildman–Crippen MR) is 25.1 cm³/mol. The van der Waals surface area contributed by atoms with Crippen LogP contribution in [-0.2, 0) is 0 Å². The minimum Gasteiger partial charge on any atom is -1.00 e. The molecular formula is C3H9Cl2MgN. The Morgan fingerprint density at radius 3 is 1.43 bits per heavy atom. The molecular weight excluding hydrogens is 145 g/mol. The smallest absolute Gasteiger partial charge is 1.00 e. The van der Waals surface area contributed by atoms with Gasteiger partial charge in [0.2, 0.25) is 0 Å². The van der Waals surface area contributed by atoms with E-state index in [4.69, 9.17) is 5.73 Å². The molecule has 0 aliphatic carbocycles. The van der Waals surface area contributed by atoms with E-state index < -0.39 is 0 Å². The Hall–Kier alpha value is 1.31. The molecule has 0 aliphatic heterocycles. The summed E-state index contributed by atoms with van der Waals surface area (Å²) in [6.45, 7) is 2.88. The van der Waals surface area contributed by atoms with Gasteiger partial charge in [0.25, 0.3) is 0 Å². The second-order valence-electron chi connectivity index (χ2n) is 0.789. The maximum Gasteiger partial charge on any atom is 2.00 e. The topological polar surface area (TPSA) is 26.0 Å². The maximum atomic E-state index is 5.03. The fourth-order valence-electron chi connectivity index (χ4n) is 0. The first-order chi connectivity index (χ1) is 1.91. The van der Waals surface area contributed by atoms with Crippen molar-refractivity contribution in [2.75, 3.05) is 6.54 Å². The summed E-state index contributed by atoms with van der Waals surface area (Å²) < 4.78 is 0. The van der Waals surface area contributed by atoms with Crippen molar-refractivity contribution in [1.82, 2.24) is 0 Å². The van der Waals surface area contributed by atoms with Crippen molar-refractivity contribution >= 4 is 23.1 Å². The van der Waals surface area contributed by atoms with Crippen LogP contribution in [0.1, 0.15) is 13.3 Å². The van der Waals surface area contributed by atoms with Crippen molar-refractivity contribution in [3.05, 3.63) is 0 Å². The molecule has 0 radical (unpaired) electrons. The fraction of sp³-hybridized carbons (Fsp3) is 1.00. The summed E-state index contributed by atoms with van der Waals surface area (Å²) in [4.78, 5) is 0. The van der Waals surface area contributed by atoms with Crippen LogP contribution in [-0.4, -0.2) is 29.6 Å². The third-order valence-corrected chi connectivity index (χ3v) is 0.289. The van der Waals surface area contributed by atoms with Gasteiger partial charge in [-0.1, -0.05) is 6.92 Å². The van der Waals surface area contributed by atoms with Gasteiger partial charge in [-0.25, -0.2) is 0 Å². The van der Waals surface area contributed by atoms with Gasteiger partial charge in [0.05, 0.1) is 0 Å². The number of halogens is 2. The van der Waals surface area contributed by atoms with Crippen LogP contribution in [0.4, 0.5) is 0 Å². The molecule has 0 atom stereocenters. The monoisotopic (exact) mass is 153 g/mol. The second kappa shape index (κ2) is 26.6. The molecule has 0 aromatic heterocycles. The van der Waals surface area contributed by atoms with Gasteiger partial charge in [-0.15, -0.1) is 0 Å². The molecule has 0 unspecified atom stereocenters. The number of hydrogen-bond donors (Lipinski definition) is 1. The van der Waals surface area contributed by atoms with Crippen molar-refractivity contribution in [3.8, 4) is 0 Å². The summed E-state index contributed by atoms with van der Waals surface area (Å²) in [5.41, 5.74) is 5.03. The van der Waals surface area contributed by atoms with E-state index in [1.165, 1.54) is 0 Å². The molecule has 2 N–H and O–H groups in total. The summed E-state index contributed by atoms with van der Waals surface area (Å²) in [6.07, 6.45) is 1.10. The third-order valence-electron chi connectivity index (χ3n) is 0.289. The van der Waals surface area contributed by atoms with Crippen molar-refractivity contribution in [1.29, 1.82) is 0 Å². The van der Waals surface area contributed by atoms with Crippen LogP contribution in [0, 0.1) is 0 Å². The van der Waals surface area contributed by atoms with Gasteiger partial charge in [0.1, 0.15) is 0 Å². The van der Waals surface area contributed by atoms with Crippen LogP contribution in [0.3, 0.4) is 0 Å². The van der Waals surface area contributed by atoms with E-state index >= 15 is 0 Å². The van der Waals surface area contributed by atoms with Gasteiger partial charge >= 0.3 is 23.1 Å². The van der Waals surface area contributed by atoms with Crippen molar-refractivity contribution in [3.63, 3.8) is 0 Å². The van der Waals surface area contributed by atoms with E-state index in [2.05, 4.69) is 6.92 Å². The number of rotatable bonds is 1. The summed E-state index contributed by atoms with van der Waals surface area (Å²) in [5, 5.41) is 0. The first-order valence-corrected chi connectivity index (χ1v) is 1.62. The van der Waals surface area contributed by atoms with Gasteiger partial charge in [-0.2, -0.15) is 0 Å². The molecule has 1 nitrogen and oxygen atoms in total. The van der Waals surface area contributed by atoms with E-state index in [1.54, 1.807) is 0 Å². The number of nitrogens with two attached hydrogens (primary N) is 1. The molecule has 0 saturated carbocycles. The SMILES string of the molecule is CCCN.[Cl-].[Cl-].[Mg+2]. The molecule has 7 heavy (non-hydrogen) atoms. The Labute approximate surface area is 73.4 Å². The summed E-state index contributed by atoms with van der Waals surface area (Å²) in [7, 11) is 0. The largest absolute Gasteiger partial charge is 2.00 e. The molecule has 0 fully saturated rings. The molecule has 0 aromatic rings. The van der Waals surface area contributed by atoms with Gasteiger partial charge in [0.15, 0.2) is 0 Å². The Morgan fingerprint density at radius 1 is 1.29 bits per heavy atom. The van der Waals surface area contributed by atoms with E-state index in [0.29, 0.717) is 0 Å². The fourth-order valence-corrected chi connectivity index (χ4v) is 0.